The molecule has 0 radical (unpaired) electrons. The molecule has 2 aliphatic carbocycles. The van der Waals surface area contributed by atoms with E-state index in [0.29, 0.717) is 5.41 Å². The molecule has 1 aromatic heterocycles. The summed E-state index contributed by atoms with van der Waals surface area (Å²) < 4.78 is 2.61. The first-order chi connectivity index (χ1) is 27.2. The molecule has 2 fully saturated rings. The van der Waals surface area contributed by atoms with Crippen LogP contribution in [-0.4, -0.2) is 0 Å². The maximum Gasteiger partial charge on any atom is 0.0640 e. The molecule has 1 nitrogen and oxygen atoms in total. The van der Waals surface area contributed by atoms with E-state index in [1.807, 2.05) is 11.3 Å². The number of fused-ring (bicyclic) bond motifs is 6. The highest BCUT2D eigenvalue weighted by Gasteiger charge is 2.45. The highest BCUT2D eigenvalue weighted by atomic mass is 32.1. The van der Waals surface area contributed by atoms with E-state index in [1.54, 1.807) is 5.56 Å². The molecule has 2 saturated carbocycles. The van der Waals surface area contributed by atoms with Gasteiger partial charge >= 0.3 is 0 Å². The smallest absolute Gasteiger partial charge is 0.0640 e. The second kappa shape index (κ2) is 13.1. The van der Waals surface area contributed by atoms with Gasteiger partial charge in [-0.1, -0.05) is 146 Å². The Morgan fingerprint density at radius 2 is 1.04 bits per heavy atom. The van der Waals surface area contributed by atoms with E-state index in [1.165, 1.54) is 102 Å². The Labute approximate surface area is 327 Å². The largest absolute Gasteiger partial charge is 0.309 e. The van der Waals surface area contributed by atoms with Crippen molar-refractivity contribution in [3.63, 3.8) is 0 Å². The van der Waals surface area contributed by atoms with Gasteiger partial charge in [0.25, 0.3) is 0 Å². The lowest BCUT2D eigenvalue weighted by Gasteiger charge is -2.27. The fraction of sp³-hybridized carbons (Fsp3) is 0.132. The summed E-state index contributed by atoms with van der Waals surface area (Å²) in [6.07, 6.45) is 6.95. The van der Waals surface area contributed by atoms with Crippen molar-refractivity contribution >= 4 is 59.3 Å². The van der Waals surface area contributed by atoms with Gasteiger partial charge in [-0.05, 0) is 130 Å². The number of hydrogen-bond donors (Lipinski definition) is 0. The molecule has 8 aromatic carbocycles. The van der Waals surface area contributed by atoms with Gasteiger partial charge in [-0.15, -0.1) is 11.3 Å². The van der Waals surface area contributed by atoms with Crippen molar-refractivity contribution in [3.8, 4) is 33.4 Å². The van der Waals surface area contributed by atoms with Gasteiger partial charge in [0.15, 0.2) is 0 Å². The number of hydrogen-bond acceptors (Lipinski definition) is 2. The second-order valence-corrected chi connectivity index (χ2v) is 16.8. The molecule has 0 saturated heterocycles. The standard InChI is InChI=1S/C53H41NS/c1-2-9-39(10-3-1)45-14-6-11-41-12-7-15-46(51(41)45)40-23-29-44(30-24-40)54(49-17-8-16-48-47-13-4-5-18-50(47)55-52(48)49)43-27-21-38(22-28-43)37-19-25-42(26-20-37)53-33-31-36(35-53)32-34-53/h1-30,36H,31-35H2. The number of benzene rings is 8. The van der Waals surface area contributed by atoms with Crippen LogP contribution in [0.25, 0.3) is 64.3 Å². The minimum Gasteiger partial charge on any atom is -0.309 e. The van der Waals surface area contributed by atoms with Crippen molar-refractivity contribution in [1.29, 1.82) is 0 Å². The lowest BCUT2D eigenvalue weighted by atomic mass is 9.77. The molecule has 11 rings (SSSR count). The Balaban J connectivity index is 1.00. The Hall–Kier alpha value is -5.96. The van der Waals surface area contributed by atoms with Crippen LogP contribution >= 0.6 is 11.3 Å². The second-order valence-electron chi connectivity index (χ2n) is 15.8. The van der Waals surface area contributed by atoms with E-state index in [9.17, 15) is 0 Å². The fourth-order valence-corrected chi connectivity index (χ4v) is 11.2. The normalized spacial score (nSPS) is 17.7. The first-order valence-electron chi connectivity index (χ1n) is 19.8. The van der Waals surface area contributed by atoms with Crippen molar-refractivity contribution in [1.82, 2.24) is 0 Å². The van der Waals surface area contributed by atoms with E-state index in [2.05, 4.69) is 187 Å². The molecule has 0 aliphatic heterocycles. The highest BCUT2D eigenvalue weighted by Crippen LogP contribution is 2.55. The first-order valence-corrected chi connectivity index (χ1v) is 20.6. The Morgan fingerprint density at radius 3 is 1.69 bits per heavy atom. The molecule has 0 N–H and O–H groups in total. The number of rotatable bonds is 7. The third kappa shape index (κ3) is 5.50. The van der Waals surface area contributed by atoms with Gasteiger partial charge < -0.3 is 4.90 Å². The van der Waals surface area contributed by atoms with Gasteiger partial charge in [0.1, 0.15) is 0 Å². The minimum atomic E-state index is 0.439. The van der Waals surface area contributed by atoms with Crippen LogP contribution in [0.5, 0.6) is 0 Å². The zero-order chi connectivity index (χ0) is 36.3. The fourth-order valence-electron chi connectivity index (χ4n) is 9.98. The van der Waals surface area contributed by atoms with Crippen LogP contribution < -0.4 is 4.90 Å². The van der Waals surface area contributed by atoms with Crippen LogP contribution in [0.15, 0.2) is 182 Å². The van der Waals surface area contributed by atoms with Crippen molar-refractivity contribution in [2.24, 2.45) is 5.92 Å². The molecule has 0 amide bonds. The zero-order valence-electron chi connectivity index (χ0n) is 30.8. The topological polar surface area (TPSA) is 3.24 Å². The summed E-state index contributed by atoms with van der Waals surface area (Å²) in [5.74, 6) is 0.954. The van der Waals surface area contributed by atoms with Gasteiger partial charge in [-0.25, -0.2) is 0 Å². The Kier molecular flexibility index (Phi) is 7.74. The SMILES string of the molecule is c1ccc(-c2cccc3cccc(-c4ccc(N(c5ccc(-c6ccc(C78CCC(CC7)C8)cc6)cc5)c5cccc6c5sc5ccccc56)cc4)c23)cc1. The van der Waals surface area contributed by atoms with Crippen molar-refractivity contribution in [2.45, 2.75) is 37.5 Å². The molecular formula is C53H41NS. The molecule has 0 spiro atoms. The van der Waals surface area contributed by atoms with Crippen LogP contribution in [0.2, 0.25) is 0 Å². The average Bonchev–Trinajstić information content (AvgIpc) is 3.99. The molecule has 2 bridgehead atoms. The molecule has 1 heterocycles. The number of anilines is 3. The monoisotopic (exact) mass is 723 g/mol. The molecule has 2 aliphatic rings. The van der Waals surface area contributed by atoms with E-state index >= 15 is 0 Å². The third-order valence-electron chi connectivity index (χ3n) is 12.7. The van der Waals surface area contributed by atoms with E-state index < -0.39 is 0 Å². The van der Waals surface area contributed by atoms with E-state index in [-0.39, 0.29) is 0 Å². The number of thiophene rings is 1. The summed E-state index contributed by atoms with van der Waals surface area (Å²) in [6, 6.07) is 67.6. The molecule has 0 atom stereocenters. The van der Waals surface area contributed by atoms with E-state index in [0.717, 1.165) is 17.3 Å². The van der Waals surface area contributed by atoms with Gasteiger partial charge in [0.05, 0.1) is 10.4 Å². The molecular weight excluding hydrogens is 683 g/mol. The van der Waals surface area contributed by atoms with Gasteiger partial charge in [-0.3, -0.25) is 0 Å². The predicted molar refractivity (Wildman–Crippen MR) is 236 cm³/mol. The Morgan fingerprint density at radius 1 is 0.473 bits per heavy atom. The first kappa shape index (κ1) is 32.5. The van der Waals surface area contributed by atoms with Crippen molar-refractivity contribution in [3.05, 3.63) is 188 Å². The lowest BCUT2D eigenvalue weighted by molar-refractivity contribution is 0.419. The van der Waals surface area contributed by atoms with Crippen LogP contribution in [-0.2, 0) is 5.41 Å². The van der Waals surface area contributed by atoms with Crippen LogP contribution in [0.3, 0.4) is 0 Å². The summed E-state index contributed by atoms with van der Waals surface area (Å²) >= 11 is 1.88. The highest BCUT2D eigenvalue weighted by molar-refractivity contribution is 7.26. The maximum absolute atomic E-state index is 2.45. The molecule has 0 unspecified atom stereocenters. The molecule has 55 heavy (non-hydrogen) atoms. The van der Waals surface area contributed by atoms with E-state index in [4.69, 9.17) is 0 Å². The number of nitrogens with zero attached hydrogens (tertiary/aromatic N) is 1. The van der Waals surface area contributed by atoms with Crippen molar-refractivity contribution in [2.75, 3.05) is 4.90 Å². The molecule has 264 valence electrons. The third-order valence-corrected chi connectivity index (χ3v) is 14.0. The van der Waals surface area contributed by atoms with Gasteiger partial charge in [0, 0.05) is 26.8 Å². The quantitative estimate of drug-likeness (QED) is 0.158. The van der Waals surface area contributed by atoms with Crippen LogP contribution in [0, 0.1) is 5.92 Å². The summed E-state index contributed by atoms with van der Waals surface area (Å²) in [5, 5.41) is 5.15. The summed E-state index contributed by atoms with van der Waals surface area (Å²) in [6.45, 7) is 0. The average molecular weight is 724 g/mol. The minimum absolute atomic E-state index is 0.439. The lowest BCUT2D eigenvalue weighted by Crippen LogP contribution is -2.19. The molecule has 9 aromatic rings. The predicted octanol–water partition coefficient (Wildman–Crippen LogP) is 15.5. The zero-order valence-corrected chi connectivity index (χ0v) is 31.6. The van der Waals surface area contributed by atoms with Crippen LogP contribution in [0.1, 0.15) is 37.7 Å². The Bertz CT molecular complexity index is 2820. The molecule has 2 heteroatoms. The van der Waals surface area contributed by atoms with Gasteiger partial charge in [0.2, 0.25) is 0 Å². The maximum atomic E-state index is 2.45. The van der Waals surface area contributed by atoms with Crippen LogP contribution in [0.4, 0.5) is 17.1 Å². The summed E-state index contributed by atoms with van der Waals surface area (Å²) in [4.78, 5) is 2.45. The van der Waals surface area contributed by atoms with Crippen molar-refractivity contribution < 1.29 is 0 Å². The van der Waals surface area contributed by atoms with Gasteiger partial charge in [-0.2, -0.15) is 0 Å². The summed E-state index contributed by atoms with van der Waals surface area (Å²) in [7, 11) is 0. The summed E-state index contributed by atoms with van der Waals surface area (Å²) in [5.41, 5.74) is 13.0.